The second-order valence-electron chi connectivity index (χ2n) is 1.30. The Morgan fingerprint density at radius 3 is 3.00 bits per heavy atom. The van der Waals surface area contributed by atoms with Crippen molar-refractivity contribution >= 4 is 11.9 Å². The number of nitrogens with zero attached hydrogens (tertiary/aromatic N) is 3. The fourth-order valence-electron chi connectivity index (χ4n) is 0.416. The molecule has 0 N–H and O–H groups in total. The Hall–Kier alpha value is -0.510. The van der Waals surface area contributed by atoms with Gasteiger partial charge >= 0.3 is 0 Å². The van der Waals surface area contributed by atoms with Crippen LogP contribution in [0.4, 0.5) is 0 Å². The number of azo groups is 1. The van der Waals surface area contributed by atoms with Gasteiger partial charge in [0.05, 0.1) is 6.20 Å². The summed E-state index contributed by atoms with van der Waals surface area (Å²) in [5, 5.41) is 7.44. The van der Waals surface area contributed by atoms with E-state index >= 15 is 0 Å². The summed E-state index contributed by atoms with van der Waals surface area (Å²) in [5.74, 6) is 0. The molecule has 4 heteroatoms. The molecule has 0 aromatic rings. The van der Waals surface area contributed by atoms with E-state index in [9.17, 15) is 0 Å². The van der Waals surface area contributed by atoms with Gasteiger partial charge in [0, 0.05) is 12.5 Å². The molecule has 0 unspecified atom stereocenters. The largest absolute Gasteiger partial charge is 0.299 e. The van der Waals surface area contributed by atoms with E-state index in [1.165, 1.54) is 0 Å². The second-order valence-corrected chi connectivity index (χ2v) is 2.13. The zero-order chi connectivity index (χ0) is 5.82. The van der Waals surface area contributed by atoms with Gasteiger partial charge in [-0.25, -0.2) is 0 Å². The lowest BCUT2D eigenvalue weighted by Crippen LogP contribution is -2.07. The van der Waals surface area contributed by atoms with Crippen molar-refractivity contribution in [1.29, 1.82) is 0 Å². The maximum atomic E-state index is 3.77. The first-order valence-corrected chi connectivity index (χ1v) is 3.45. The summed E-state index contributed by atoms with van der Waals surface area (Å²) in [6.07, 6.45) is 5.59. The Labute approximate surface area is 52.6 Å². The summed E-state index contributed by atoms with van der Waals surface area (Å²) in [7, 11) is 0. The van der Waals surface area contributed by atoms with Crippen molar-refractivity contribution in [3.63, 3.8) is 0 Å². The zero-order valence-electron chi connectivity index (χ0n) is 4.61. The molecule has 0 atom stereocenters. The summed E-state index contributed by atoms with van der Waals surface area (Å²) < 4.78 is 1.99. The van der Waals surface area contributed by atoms with Crippen molar-refractivity contribution in [2.45, 2.75) is 0 Å². The van der Waals surface area contributed by atoms with Crippen molar-refractivity contribution in [2.75, 3.05) is 12.9 Å². The van der Waals surface area contributed by atoms with Gasteiger partial charge in [0.1, 0.15) is 6.67 Å². The summed E-state index contributed by atoms with van der Waals surface area (Å²) in [5.41, 5.74) is 0. The highest BCUT2D eigenvalue weighted by molar-refractivity contribution is 7.96. The maximum absolute atomic E-state index is 3.77. The van der Waals surface area contributed by atoms with Crippen LogP contribution in [0.5, 0.6) is 0 Å². The van der Waals surface area contributed by atoms with Crippen LogP contribution in [0.2, 0.25) is 0 Å². The summed E-state index contributed by atoms with van der Waals surface area (Å²) in [6.45, 7) is 0.678. The Kier molecular flexibility index (Phi) is 1.91. The van der Waals surface area contributed by atoms with Crippen LogP contribution in [0.15, 0.2) is 22.6 Å². The first-order chi connectivity index (χ1) is 3.93. The highest BCUT2D eigenvalue weighted by atomic mass is 32.2. The fraction of sp³-hybridized carbons (Fsp3) is 0.500. The molecule has 0 aromatic carbocycles. The van der Waals surface area contributed by atoms with Crippen LogP contribution in [0.1, 0.15) is 0 Å². The van der Waals surface area contributed by atoms with Crippen molar-refractivity contribution in [3.05, 3.63) is 12.4 Å². The molecule has 0 saturated heterocycles. The van der Waals surface area contributed by atoms with E-state index in [1.54, 1.807) is 18.1 Å². The summed E-state index contributed by atoms with van der Waals surface area (Å²) in [4.78, 5) is 0. The average molecular weight is 129 g/mol. The lowest BCUT2D eigenvalue weighted by Gasteiger charge is -2.13. The van der Waals surface area contributed by atoms with Crippen molar-refractivity contribution in [2.24, 2.45) is 10.2 Å². The van der Waals surface area contributed by atoms with Crippen LogP contribution >= 0.6 is 11.9 Å². The number of hydrogen-bond acceptors (Lipinski definition) is 4. The van der Waals surface area contributed by atoms with Crippen molar-refractivity contribution in [1.82, 2.24) is 4.31 Å². The van der Waals surface area contributed by atoms with Crippen LogP contribution in [0, 0.1) is 0 Å². The second kappa shape index (κ2) is 2.71. The van der Waals surface area contributed by atoms with Crippen LogP contribution in [-0.4, -0.2) is 17.2 Å². The third-order valence-corrected chi connectivity index (χ3v) is 1.52. The Bertz CT molecular complexity index is 120. The van der Waals surface area contributed by atoms with Gasteiger partial charge in [-0.2, -0.15) is 10.2 Å². The lowest BCUT2D eigenvalue weighted by atomic mass is 10.8. The maximum Gasteiger partial charge on any atom is 0.141 e. The van der Waals surface area contributed by atoms with Gasteiger partial charge < -0.3 is 0 Å². The van der Waals surface area contributed by atoms with Gasteiger partial charge in [0.25, 0.3) is 0 Å². The van der Waals surface area contributed by atoms with Gasteiger partial charge in [-0.05, 0) is 0 Å². The van der Waals surface area contributed by atoms with E-state index < -0.39 is 0 Å². The molecular weight excluding hydrogens is 122 g/mol. The standard InChI is InChI=1S/C4H7N3S/c1-8-7-3-2-5-6-4-7/h2-3H,4H2,1H3. The smallest absolute Gasteiger partial charge is 0.141 e. The molecule has 0 saturated carbocycles. The Balaban J connectivity index is 2.40. The predicted molar refractivity (Wildman–Crippen MR) is 34.2 cm³/mol. The summed E-state index contributed by atoms with van der Waals surface area (Å²) in [6, 6.07) is 0. The molecule has 0 radical (unpaired) electrons. The molecule has 44 valence electrons. The topological polar surface area (TPSA) is 28.0 Å². The quantitative estimate of drug-likeness (QED) is 0.501. The van der Waals surface area contributed by atoms with Gasteiger partial charge in [0.2, 0.25) is 0 Å². The van der Waals surface area contributed by atoms with Crippen molar-refractivity contribution in [3.8, 4) is 0 Å². The SMILES string of the molecule is CSN1C=CN=NC1. The molecule has 1 aliphatic heterocycles. The monoisotopic (exact) mass is 129 g/mol. The first-order valence-electron chi connectivity index (χ1n) is 2.27. The predicted octanol–water partition coefficient (Wildman–Crippen LogP) is 1.46. The van der Waals surface area contributed by atoms with Crippen molar-refractivity contribution < 1.29 is 0 Å². The van der Waals surface area contributed by atoms with Gasteiger partial charge in [0.15, 0.2) is 0 Å². The number of rotatable bonds is 1. The Morgan fingerprint density at radius 2 is 2.62 bits per heavy atom. The molecule has 1 heterocycles. The zero-order valence-corrected chi connectivity index (χ0v) is 5.43. The minimum atomic E-state index is 0.678. The van der Waals surface area contributed by atoms with E-state index in [-0.39, 0.29) is 0 Å². The van der Waals surface area contributed by atoms with Crippen LogP contribution < -0.4 is 0 Å². The van der Waals surface area contributed by atoms with Gasteiger partial charge in [-0.3, -0.25) is 4.31 Å². The molecule has 0 amide bonds. The summed E-state index contributed by atoms with van der Waals surface area (Å²) >= 11 is 1.64. The van der Waals surface area contributed by atoms with E-state index in [0.29, 0.717) is 6.67 Å². The van der Waals surface area contributed by atoms with Gasteiger partial charge in [-0.15, -0.1) is 0 Å². The van der Waals surface area contributed by atoms with E-state index in [2.05, 4.69) is 10.2 Å². The molecule has 1 rings (SSSR count). The molecule has 0 fully saturated rings. The minimum absolute atomic E-state index is 0.678. The third kappa shape index (κ3) is 1.23. The van der Waals surface area contributed by atoms with Gasteiger partial charge in [-0.1, -0.05) is 11.9 Å². The highest BCUT2D eigenvalue weighted by Crippen LogP contribution is 2.08. The molecule has 1 aliphatic rings. The Morgan fingerprint density at radius 1 is 1.75 bits per heavy atom. The minimum Gasteiger partial charge on any atom is -0.299 e. The third-order valence-electron chi connectivity index (χ3n) is 0.818. The van der Waals surface area contributed by atoms with Crippen LogP contribution in [0.3, 0.4) is 0 Å². The molecule has 8 heavy (non-hydrogen) atoms. The molecule has 0 aromatic heterocycles. The van der Waals surface area contributed by atoms with Crippen LogP contribution in [0.25, 0.3) is 0 Å². The highest BCUT2D eigenvalue weighted by Gasteiger charge is 1.95. The molecular formula is C4H7N3S. The molecule has 0 bridgehead atoms. The number of hydrogen-bond donors (Lipinski definition) is 0. The average Bonchev–Trinajstić information content (AvgIpc) is 1.90. The first kappa shape index (κ1) is 5.62. The molecule has 0 spiro atoms. The molecule has 0 aliphatic carbocycles. The van der Waals surface area contributed by atoms with Crippen LogP contribution in [-0.2, 0) is 0 Å². The fourth-order valence-corrected chi connectivity index (χ4v) is 0.759. The van der Waals surface area contributed by atoms with E-state index in [4.69, 9.17) is 0 Å². The normalized spacial score (nSPS) is 17.4. The van der Waals surface area contributed by atoms with E-state index in [0.717, 1.165) is 0 Å². The van der Waals surface area contributed by atoms with E-state index in [1.807, 2.05) is 16.8 Å². The molecule has 3 nitrogen and oxygen atoms in total. The lowest BCUT2D eigenvalue weighted by molar-refractivity contribution is 0.601.